The van der Waals surface area contributed by atoms with Crippen molar-refractivity contribution < 1.29 is 0 Å². The summed E-state index contributed by atoms with van der Waals surface area (Å²) < 4.78 is 1.79. The quantitative estimate of drug-likeness (QED) is 0.590. The maximum absolute atomic E-state index is 5.61. The largest absolute Gasteiger partial charge is 0.317 e. The summed E-state index contributed by atoms with van der Waals surface area (Å²) in [6.07, 6.45) is 3.16. The third-order valence-electron chi connectivity index (χ3n) is 1.39. The highest BCUT2D eigenvalue weighted by Crippen LogP contribution is 2.08. The fourth-order valence-electron chi connectivity index (χ4n) is 0.884. The van der Waals surface area contributed by atoms with Crippen molar-refractivity contribution in [1.29, 1.82) is 0 Å². The van der Waals surface area contributed by atoms with E-state index in [9.17, 15) is 0 Å². The minimum Gasteiger partial charge on any atom is -0.317 e. The van der Waals surface area contributed by atoms with Crippen LogP contribution >= 0.6 is 11.6 Å². The van der Waals surface area contributed by atoms with E-state index in [1.165, 1.54) is 6.20 Å². The molecule has 0 saturated heterocycles. The Morgan fingerprint density at radius 3 is 3.09 bits per heavy atom. The Labute approximate surface area is 67.9 Å². The summed E-state index contributed by atoms with van der Waals surface area (Å²) in [5.41, 5.74) is 1.33. The van der Waals surface area contributed by atoms with Crippen LogP contribution in [0.25, 0.3) is 11.3 Å². The Hall–Kier alpha value is -1.16. The molecule has 0 radical (unpaired) electrons. The zero-order valence-electron chi connectivity index (χ0n) is 5.82. The van der Waals surface area contributed by atoms with Gasteiger partial charge in [-0.2, -0.15) is 0 Å². The Kier molecular flexibility index (Phi) is 1.29. The number of hydrogen-bond acceptors (Lipinski definition) is 3. The lowest BCUT2D eigenvalue weighted by molar-refractivity contribution is 0.930. The number of imidazole rings is 1. The van der Waals surface area contributed by atoms with Crippen molar-refractivity contribution in [1.82, 2.24) is 19.5 Å². The molecule has 0 aliphatic heterocycles. The molecule has 0 spiro atoms. The molecule has 0 unspecified atom stereocenters. The molecule has 2 heterocycles. The highest BCUT2D eigenvalue weighted by molar-refractivity contribution is 6.29. The maximum Gasteiger partial charge on any atom is 0.198 e. The lowest BCUT2D eigenvalue weighted by atomic mass is 10.6. The number of aromatic nitrogens is 4. The first-order valence-corrected chi connectivity index (χ1v) is 3.45. The number of nitrogens with zero attached hydrogens (tertiary/aromatic N) is 4. The summed E-state index contributed by atoms with van der Waals surface area (Å²) >= 11 is 5.61. The molecule has 0 amide bonds. The van der Waals surface area contributed by atoms with Crippen molar-refractivity contribution in [2.45, 2.75) is 0 Å². The molecule has 0 aromatic carbocycles. The fourth-order valence-corrected chi connectivity index (χ4v) is 1.01. The van der Waals surface area contributed by atoms with E-state index in [1.54, 1.807) is 10.9 Å². The van der Waals surface area contributed by atoms with Gasteiger partial charge in [0.1, 0.15) is 5.15 Å². The third kappa shape index (κ3) is 0.952. The number of fused-ring (bicyclic) bond motifs is 1. The standard InChI is InChI=1S/C6H5ClN4/c1-11-3-9-5-6(11)8-2-4(7)10-5/h2-3H,1H3. The predicted octanol–water partition coefficient (Wildman–Crippen LogP) is 1.02. The van der Waals surface area contributed by atoms with E-state index >= 15 is 0 Å². The Morgan fingerprint density at radius 1 is 1.45 bits per heavy atom. The van der Waals surface area contributed by atoms with E-state index in [-0.39, 0.29) is 0 Å². The molecule has 0 aliphatic rings. The number of hydrogen-bond donors (Lipinski definition) is 0. The molecule has 0 bridgehead atoms. The van der Waals surface area contributed by atoms with Crippen LogP contribution in [0.2, 0.25) is 5.15 Å². The van der Waals surface area contributed by atoms with Gasteiger partial charge in [-0.3, -0.25) is 0 Å². The van der Waals surface area contributed by atoms with E-state index in [1.807, 2.05) is 7.05 Å². The topological polar surface area (TPSA) is 43.6 Å². The second-order valence-electron chi connectivity index (χ2n) is 2.20. The normalized spacial score (nSPS) is 10.7. The molecule has 5 heteroatoms. The fraction of sp³-hybridized carbons (Fsp3) is 0.167. The van der Waals surface area contributed by atoms with Gasteiger partial charge in [0.25, 0.3) is 0 Å². The highest BCUT2D eigenvalue weighted by atomic mass is 35.5. The Balaban J connectivity index is 2.86. The maximum atomic E-state index is 5.61. The molecule has 0 atom stereocenters. The van der Waals surface area contributed by atoms with Gasteiger partial charge in [-0.05, 0) is 0 Å². The van der Waals surface area contributed by atoms with Crippen molar-refractivity contribution in [2.75, 3.05) is 0 Å². The molecular formula is C6H5ClN4. The first kappa shape index (κ1) is 6.54. The van der Waals surface area contributed by atoms with E-state index < -0.39 is 0 Å². The molecule has 4 nitrogen and oxygen atoms in total. The van der Waals surface area contributed by atoms with Crippen molar-refractivity contribution >= 4 is 22.9 Å². The monoisotopic (exact) mass is 168 g/mol. The summed E-state index contributed by atoms with van der Waals surface area (Å²) in [5, 5.41) is 0.371. The zero-order chi connectivity index (χ0) is 7.84. The second kappa shape index (κ2) is 2.17. The van der Waals surface area contributed by atoms with Gasteiger partial charge in [-0.1, -0.05) is 11.6 Å². The van der Waals surface area contributed by atoms with Gasteiger partial charge < -0.3 is 4.57 Å². The molecule has 56 valence electrons. The molecule has 0 aliphatic carbocycles. The third-order valence-corrected chi connectivity index (χ3v) is 1.58. The molecular weight excluding hydrogens is 164 g/mol. The van der Waals surface area contributed by atoms with E-state index in [0.29, 0.717) is 10.8 Å². The van der Waals surface area contributed by atoms with Crippen LogP contribution in [0.15, 0.2) is 12.5 Å². The molecule has 2 rings (SSSR count). The van der Waals surface area contributed by atoms with Gasteiger partial charge in [-0.15, -0.1) is 0 Å². The zero-order valence-corrected chi connectivity index (χ0v) is 6.58. The van der Waals surface area contributed by atoms with Crippen LogP contribution in [0.3, 0.4) is 0 Å². The Bertz CT molecular complexity index is 394. The molecule has 0 fully saturated rings. The van der Waals surface area contributed by atoms with Crippen LogP contribution in [0.5, 0.6) is 0 Å². The summed E-state index contributed by atoms with van der Waals surface area (Å²) in [6.45, 7) is 0. The predicted molar refractivity (Wildman–Crippen MR) is 41.3 cm³/mol. The summed E-state index contributed by atoms with van der Waals surface area (Å²) in [5.74, 6) is 0. The van der Waals surface area contributed by atoms with E-state index in [2.05, 4.69) is 15.0 Å². The van der Waals surface area contributed by atoms with Gasteiger partial charge in [-0.25, -0.2) is 15.0 Å². The van der Waals surface area contributed by atoms with Crippen LogP contribution in [0, 0.1) is 0 Å². The minimum absolute atomic E-state index is 0.371. The first-order chi connectivity index (χ1) is 5.27. The second-order valence-corrected chi connectivity index (χ2v) is 2.58. The molecule has 0 N–H and O–H groups in total. The first-order valence-electron chi connectivity index (χ1n) is 3.07. The average Bonchev–Trinajstić information content (AvgIpc) is 2.32. The van der Waals surface area contributed by atoms with Crippen LogP contribution in [0.1, 0.15) is 0 Å². The average molecular weight is 169 g/mol. The number of halogens is 1. The highest BCUT2D eigenvalue weighted by Gasteiger charge is 2.01. The van der Waals surface area contributed by atoms with Crippen LogP contribution in [0.4, 0.5) is 0 Å². The van der Waals surface area contributed by atoms with Gasteiger partial charge in [0.2, 0.25) is 0 Å². The van der Waals surface area contributed by atoms with Crippen molar-refractivity contribution in [2.24, 2.45) is 7.05 Å². The SMILES string of the molecule is Cn1cnc2nc(Cl)cnc21. The van der Waals surface area contributed by atoms with Crippen LogP contribution in [-0.2, 0) is 7.05 Å². The van der Waals surface area contributed by atoms with E-state index in [0.717, 1.165) is 5.65 Å². The smallest absolute Gasteiger partial charge is 0.198 e. The summed E-state index contributed by atoms with van der Waals surface area (Å²) in [7, 11) is 1.86. The number of rotatable bonds is 0. The summed E-state index contributed by atoms with van der Waals surface area (Å²) in [4.78, 5) is 12.0. The Morgan fingerprint density at radius 2 is 2.27 bits per heavy atom. The van der Waals surface area contributed by atoms with Crippen molar-refractivity contribution in [3.63, 3.8) is 0 Å². The minimum atomic E-state index is 0.371. The van der Waals surface area contributed by atoms with Crippen molar-refractivity contribution in [3.8, 4) is 0 Å². The lowest BCUT2D eigenvalue weighted by Gasteiger charge is -1.90. The molecule has 2 aromatic rings. The van der Waals surface area contributed by atoms with Gasteiger partial charge in [0.05, 0.1) is 12.5 Å². The van der Waals surface area contributed by atoms with Gasteiger partial charge in [0, 0.05) is 7.05 Å². The van der Waals surface area contributed by atoms with Gasteiger partial charge >= 0.3 is 0 Å². The van der Waals surface area contributed by atoms with E-state index in [4.69, 9.17) is 11.6 Å². The van der Waals surface area contributed by atoms with Crippen LogP contribution < -0.4 is 0 Å². The van der Waals surface area contributed by atoms with Crippen LogP contribution in [-0.4, -0.2) is 19.5 Å². The molecule has 2 aromatic heterocycles. The molecule has 0 saturated carbocycles. The summed E-state index contributed by atoms with van der Waals surface area (Å²) in [6, 6.07) is 0. The molecule has 11 heavy (non-hydrogen) atoms. The lowest BCUT2D eigenvalue weighted by Crippen LogP contribution is -1.88. The van der Waals surface area contributed by atoms with Crippen molar-refractivity contribution in [3.05, 3.63) is 17.7 Å². The van der Waals surface area contributed by atoms with Gasteiger partial charge in [0.15, 0.2) is 11.3 Å². The number of aryl methyl sites for hydroxylation is 1.